The molecule has 8 rings (SSSR count). The van der Waals surface area contributed by atoms with E-state index in [1.54, 1.807) is 0 Å². The molecule has 0 spiro atoms. The molecule has 5 aromatic rings. The van der Waals surface area contributed by atoms with Crippen molar-refractivity contribution in [3.8, 4) is 11.3 Å². The van der Waals surface area contributed by atoms with Crippen molar-refractivity contribution in [2.24, 2.45) is 11.7 Å². The number of hydrogen-bond acceptors (Lipinski definition) is 17. The quantitative estimate of drug-likeness (QED) is 0.0712. The molecule has 0 radical (unpaired) electrons. The van der Waals surface area contributed by atoms with Crippen molar-refractivity contribution in [2.75, 3.05) is 130 Å². The van der Waals surface area contributed by atoms with Crippen molar-refractivity contribution >= 4 is 45.8 Å². The summed E-state index contributed by atoms with van der Waals surface area (Å²) in [5.74, 6) is 0.782. The number of nitrogens with zero attached hydrogens (tertiary/aromatic N) is 8. The van der Waals surface area contributed by atoms with E-state index in [1.165, 1.54) is 17.5 Å². The molecule has 2 fully saturated rings. The Balaban J connectivity index is 0.688. The molecule has 2 aromatic carbocycles. The molecule has 20 nitrogen and oxygen atoms in total. The number of rotatable bonds is 25. The molecular weight excluding hydrogens is 875 g/mol. The third-order valence-corrected chi connectivity index (χ3v) is 13.0. The van der Waals surface area contributed by atoms with E-state index in [0.29, 0.717) is 152 Å². The number of carbonyl (C=O) groups is 2. The molecule has 2 amide bonds. The van der Waals surface area contributed by atoms with Gasteiger partial charge in [0.2, 0.25) is 11.8 Å². The zero-order valence-corrected chi connectivity index (χ0v) is 39.1. The maximum Gasteiger partial charge on any atom is 0.292 e. The van der Waals surface area contributed by atoms with Gasteiger partial charge in [-0.05, 0) is 80.1 Å². The van der Waals surface area contributed by atoms with Crippen molar-refractivity contribution in [3.63, 3.8) is 0 Å². The predicted molar refractivity (Wildman–Crippen MR) is 254 cm³/mol. The van der Waals surface area contributed by atoms with Crippen molar-refractivity contribution in [1.82, 2.24) is 39.4 Å². The van der Waals surface area contributed by atoms with Crippen molar-refractivity contribution in [3.05, 3.63) is 59.4 Å². The molecule has 3 aliphatic heterocycles. The van der Waals surface area contributed by atoms with Crippen LogP contribution >= 0.6 is 0 Å². The minimum atomic E-state index is 0.0340. The number of ether oxygens (including phenoxy) is 6. The number of carbonyl (C=O) groups excluding carboxylic acids is 2. The molecule has 0 atom stereocenters. The predicted octanol–water partition coefficient (Wildman–Crippen LogP) is 2.88. The first-order chi connectivity index (χ1) is 33.3. The zero-order valence-electron chi connectivity index (χ0n) is 39.1. The highest BCUT2D eigenvalue weighted by atomic mass is 16.6. The van der Waals surface area contributed by atoms with Gasteiger partial charge in [0.15, 0.2) is 11.2 Å². The van der Waals surface area contributed by atoms with Gasteiger partial charge in [0.25, 0.3) is 6.01 Å². The molecule has 0 unspecified atom stereocenters. The molecule has 20 heteroatoms. The normalized spacial score (nSPS) is 16.3. The average molecular weight is 942 g/mol. The summed E-state index contributed by atoms with van der Waals surface area (Å²) in [4.78, 5) is 46.5. The highest BCUT2D eigenvalue weighted by Crippen LogP contribution is 2.33. The number of aromatic nitrogens is 5. The molecule has 368 valence electrons. The van der Waals surface area contributed by atoms with E-state index in [-0.39, 0.29) is 23.7 Å². The third kappa shape index (κ3) is 13.1. The number of hydrogen-bond donors (Lipinski definition) is 3. The summed E-state index contributed by atoms with van der Waals surface area (Å²) in [6.45, 7) is 11.5. The van der Waals surface area contributed by atoms with Gasteiger partial charge in [-0.25, -0.2) is 14.6 Å². The number of likely N-dealkylation sites (tertiary alicyclic amines) is 2. The van der Waals surface area contributed by atoms with E-state index in [0.717, 1.165) is 69.4 Å². The fourth-order valence-corrected chi connectivity index (χ4v) is 9.35. The number of nitrogen functional groups attached to an aromatic ring is 2. The largest absolute Gasteiger partial charge is 0.424 e. The molecule has 6 N–H and O–H groups in total. The molecule has 0 aliphatic carbocycles. The van der Waals surface area contributed by atoms with Gasteiger partial charge in [-0.3, -0.25) is 9.59 Å². The van der Waals surface area contributed by atoms with Crippen molar-refractivity contribution in [2.45, 2.75) is 57.7 Å². The lowest BCUT2D eigenvalue weighted by molar-refractivity contribution is -0.139. The second-order valence-corrected chi connectivity index (χ2v) is 17.4. The van der Waals surface area contributed by atoms with Crippen LogP contribution < -0.4 is 17.2 Å². The number of nitrogens with two attached hydrogens (primary N) is 3. The van der Waals surface area contributed by atoms with Crippen molar-refractivity contribution in [1.29, 1.82) is 0 Å². The van der Waals surface area contributed by atoms with Crippen LogP contribution in [0.2, 0.25) is 0 Å². The van der Waals surface area contributed by atoms with Crippen LogP contribution in [0.4, 0.5) is 11.8 Å². The first kappa shape index (κ1) is 49.1. The van der Waals surface area contributed by atoms with Gasteiger partial charge >= 0.3 is 0 Å². The Morgan fingerprint density at radius 1 is 0.706 bits per heavy atom. The molecule has 3 aliphatic rings. The first-order valence-electron chi connectivity index (χ1n) is 24.1. The van der Waals surface area contributed by atoms with Crippen LogP contribution in [0.3, 0.4) is 0 Å². The van der Waals surface area contributed by atoms with Gasteiger partial charge < -0.3 is 64.7 Å². The zero-order chi connectivity index (χ0) is 47.1. The van der Waals surface area contributed by atoms with Crippen LogP contribution in [0, 0.1) is 5.92 Å². The molecule has 0 saturated carbocycles. The Hall–Kier alpha value is -5.32. The highest BCUT2D eigenvalue weighted by molar-refractivity contribution is 5.99. The first-order valence-corrected chi connectivity index (χ1v) is 24.1. The number of piperidine rings is 2. The Labute approximate surface area is 396 Å². The second-order valence-electron chi connectivity index (χ2n) is 17.4. The summed E-state index contributed by atoms with van der Waals surface area (Å²) in [5, 5.41) is 5.64. The summed E-state index contributed by atoms with van der Waals surface area (Å²) < 4.78 is 40.2. The molecular formula is C48H67N11O9. The van der Waals surface area contributed by atoms with Crippen molar-refractivity contribution < 1.29 is 42.4 Å². The van der Waals surface area contributed by atoms with Gasteiger partial charge in [0, 0.05) is 50.2 Å². The summed E-state index contributed by atoms with van der Waals surface area (Å²) >= 11 is 0. The fourth-order valence-electron chi connectivity index (χ4n) is 9.35. The fraction of sp³-hybridized carbons (Fsp3) is 0.583. The minimum Gasteiger partial charge on any atom is -0.424 e. The molecule has 3 aromatic heterocycles. The maximum absolute atomic E-state index is 13.9. The number of oxazole rings is 1. The third-order valence-electron chi connectivity index (χ3n) is 13.0. The van der Waals surface area contributed by atoms with Crippen LogP contribution in [-0.4, -0.2) is 176 Å². The lowest BCUT2D eigenvalue weighted by Crippen LogP contribution is -2.50. The van der Waals surface area contributed by atoms with Crippen LogP contribution in [0.1, 0.15) is 48.8 Å². The Bertz CT molecular complexity index is 2400. The molecule has 2 saturated heterocycles. The lowest BCUT2D eigenvalue weighted by atomic mass is 9.90. The topological polar surface area (TPSA) is 247 Å². The standard InChI is InChI=1S/C48H67N11O9/c49-11-18-63-20-22-65-24-26-67-28-27-66-25-23-64-21-19-62-17-10-42(60)57-15-8-39(9-16-57)56-12-5-35(6-13-56)47(61)58-14-7-36-29-34(1-2-38(36)32-58)31-59-46-43(45(50)52-33-53-46)44(55-59)37-3-4-41-40(30-37)54-48(51)68-41/h1-4,29-30,33,35,39H,5-28,31-32,49H2,(H2,51,54)(H2,50,52,53). The number of fused-ring (bicyclic) bond motifs is 3. The molecule has 68 heavy (non-hydrogen) atoms. The van der Waals surface area contributed by atoms with Gasteiger partial charge in [0.1, 0.15) is 23.4 Å². The molecule has 0 bridgehead atoms. The Kier molecular flexibility index (Phi) is 17.9. The van der Waals surface area contributed by atoms with Crippen LogP contribution in [0.5, 0.6) is 0 Å². The average Bonchev–Trinajstić information content (AvgIpc) is 3.93. The van der Waals surface area contributed by atoms with Gasteiger partial charge in [0.05, 0.1) is 97.6 Å². The van der Waals surface area contributed by atoms with E-state index in [4.69, 9.17) is 55.1 Å². The summed E-state index contributed by atoms with van der Waals surface area (Å²) in [5.41, 5.74) is 24.4. The van der Waals surface area contributed by atoms with E-state index >= 15 is 0 Å². The smallest absolute Gasteiger partial charge is 0.292 e. The van der Waals surface area contributed by atoms with Crippen LogP contribution in [0.15, 0.2) is 47.1 Å². The van der Waals surface area contributed by atoms with E-state index in [2.05, 4.69) is 38.1 Å². The Morgan fingerprint density at radius 2 is 1.37 bits per heavy atom. The minimum absolute atomic E-state index is 0.0340. The van der Waals surface area contributed by atoms with E-state index in [9.17, 15) is 9.59 Å². The van der Waals surface area contributed by atoms with Crippen LogP contribution in [-0.2, 0) is 57.5 Å². The summed E-state index contributed by atoms with van der Waals surface area (Å²) in [6, 6.07) is 12.6. The number of amides is 2. The summed E-state index contributed by atoms with van der Waals surface area (Å²) in [7, 11) is 0. The Morgan fingerprint density at radius 3 is 2.04 bits per heavy atom. The van der Waals surface area contributed by atoms with E-state index < -0.39 is 0 Å². The van der Waals surface area contributed by atoms with E-state index in [1.807, 2.05) is 32.7 Å². The highest BCUT2D eigenvalue weighted by Gasteiger charge is 2.34. The summed E-state index contributed by atoms with van der Waals surface area (Å²) in [6.07, 6.45) is 6.25. The number of anilines is 2. The lowest BCUT2D eigenvalue weighted by Gasteiger charge is -2.42. The number of benzene rings is 2. The van der Waals surface area contributed by atoms with Gasteiger partial charge in [-0.1, -0.05) is 18.2 Å². The van der Waals surface area contributed by atoms with Crippen LogP contribution in [0.25, 0.3) is 33.4 Å². The monoisotopic (exact) mass is 942 g/mol. The van der Waals surface area contributed by atoms with Gasteiger partial charge in [-0.2, -0.15) is 10.1 Å². The maximum atomic E-state index is 13.9. The SMILES string of the molecule is NCCOCCOCCOCCOCCOCCOCCC(=O)N1CCC(N2CCC(C(=O)N3CCc4cc(Cn5nc(-c6ccc7oc(N)nc7c6)c6c(N)ncnc65)ccc4C3)CC2)CC1. The van der Waals surface area contributed by atoms with Gasteiger partial charge in [-0.15, -0.1) is 0 Å². The molecule has 6 heterocycles. The second kappa shape index (κ2) is 24.8.